The van der Waals surface area contributed by atoms with Gasteiger partial charge in [0.25, 0.3) is 0 Å². The molecule has 1 saturated carbocycles. The number of hydrogen-bond acceptors (Lipinski definition) is 8. The molecule has 0 aromatic carbocycles. The van der Waals surface area contributed by atoms with E-state index in [1.807, 2.05) is 0 Å². The average molecular weight is 354 g/mol. The van der Waals surface area contributed by atoms with Gasteiger partial charge in [0, 0.05) is 6.92 Å². The topological polar surface area (TPSA) is 126 Å². The van der Waals surface area contributed by atoms with Gasteiger partial charge in [0.1, 0.15) is 30.0 Å². The summed E-state index contributed by atoms with van der Waals surface area (Å²) in [5, 5.41) is 32.0. The normalized spacial score (nSPS) is 53.4. The number of ether oxygens (including phenoxy) is 3. The standard InChI is InChI=1S/C17H22O8/c1-7-4-9-16(5-18,12(22)10(7)20)15(3)13(24-8(2)19)11(21)14(25-9)17(15)6-23-17/h4,9,11-14,18,21-22H,5-6H2,1-3H3/t9-,11+,12-,13-,14-,15-,16-,17+/m1/s1. The second-order valence-corrected chi connectivity index (χ2v) is 7.69. The molecule has 8 heteroatoms. The minimum Gasteiger partial charge on any atom is -0.459 e. The fraction of sp³-hybridized carbons (Fsp3) is 0.765. The lowest BCUT2D eigenvalue weighted by atomic mass is 9.50. The summed E-state index contributed by atoms with van der Waals surface area (Å²) in [6.07, 6.45) is -3.87. The Kier molecular flexibility index (Phi) is 3.35. The number of ketones is 1. The molecular formula is C17H22O8. The minimum absolute atomic E-state index is 0.223. The number of aliphatic hydroxyl groups excluding tert-OH is 3. The molecule has 2 aliphatic carbocycles. The Bertz CT molecular complexity index is 682. The number of fused-ring (bicyclic) bond motifs is 2. The van der Waals surface area contributed by atoms with Crippen LogP contribution in [0.2, 0.25) is 0 Å². The van der Waals surface area contributed by atoms with E-state index in [2.05, 4.69) is 0 Å². The van der Waals surface area contributed by atoms with Crippen LogP contribution in [0.1, 0.15) is 20.8 Å². The fourth-order valence-corrected chi connectivity index (χ4v) is 5.37. The van der Waals surface area contributed by atoms with E-state index in [0.717, 1.165) is 0 Å². The summed E-state index contributed by atoms with van der Waals surface area (Å²) in [5.74, 6) is -1.13. The van der Waals surface area contributed by atoms with Crippen LogP contribution in [0.3, 0.4) is 0 Å². The predicted octanol–water partition coefficient (Wildman–Crippen LogP) is -1.30. The summed E-state index contributed by atoms with van der Waals surface area (Å²) >= 11 is 0. The molecular weight excluding hydrogens is 332 g/mol. The van der Waals surface area contributed by atoms with Gasteiger partial charge in [-0.25, -0.2) is 0 Å². The molecule has 2 heterocycles. The van der Waals surface area contributed by atoms with Gasteiger partial charge in [0.2, 0.25) is 0 Å². The molecule has 8 atom stereocenters. The monoisotopic (exact) mass is 354 g/mol. The summed E-state index contributed by atoms with van der Waals surface area (Å²) in [5.41, 5.74) is -3.39. The smallest absolute Gasteiger partial charge is 0.303 e. The molecule has 0 amide bonds. The van der Waals surface area contributed by atoms with E-state index in [9.17, 15) is 24.9 Å². The van der Waals surface area contributed by atoms with Gasteiger partial charge in [0.15, 0.2) is 5.78 Å². The maximum Gasteiger partial charge on any atom is 0.303 e. The number of epoxide rings is 1. The molecule has 3 fully saturated rings. The van der Waals surface area contributed by atoms with Gasteiger partial charge < -0.3 is 29.5 Å². The molecule has 0 aromatic heterocycles. The van der Waals surface area contributed by atoms with Crippen LogP contribution in [-0.4, -0.2) is 76.4 Å². The summed E-state index contributed by atoms with van der Waals surface area (Å²) in [6.45, 7) is 4.11. The van der Waals surface area contributed by atoms with Crippen molar-refractivity contribution in [2.45, 2.75) is 56.9 Å². The van der Waals surface area contributed by atoms with Crippen molar-refractivity contribution in [2.24, 2.45) is 10.8 Å². The van der Waals surface area contributed by atoms with Crippen molar-refractivity contribution >= 4 is 11.8 Å². The molecule has 138 valence electrons. The van der Waals surface area contributed by atoms with Crippen LogP contribution in [0, 0.1) is 10.8 Å². The first-order valence-electron chi connectivity index (χ1n) is 8.33. The summed E-state index contributed by atoms with van der Waals surface area (Å²) in [7, 11) is 0. The first-order valence-corrected chi connectivity index (χ1v) is 8.33. The van der Waals surface area contributed by atoms with Crippen molar-refractivity contribution in [3.05, 3.63) is 11.6 Å². The highest BCUT2D eigenvalue weighted by Crippen LogP contribution is 2.71. The molecule has 25 heavy (non-hydrogen) atoms. The van der Waals surface area contributed by atoms with Crippen LogP contribution >= 0.6 is 0 Å². The second-order valence-electron chi connectivity index (χ2n) is 7.69. The van der Waals surface area contributed by atoms with Crippen molar-refractivity contribution in [3.63, 3.8) is 0 Å². The van der Waals surface area contributed by atoms with Crippen LogP contribution in [0.5, 0.6) is 0 Å². The van der Waals surface area contributed by atoms with Crippen molar-refractivity contribution in [3.8, 4) is 0 Å². The number of aliphatic hydroxyl groups is 3. The SMILES string of the molecule is CC(=O)O[C@@H]1[C@H](O)[C@H]2O[C@@H]3C=C(C)C(=O)[C@@H](O)[C@]3(CO)[C@]1(C)[C@]21CO1. The van der Waals surface area contributed by atoms with Gasteiger partial charge >= 0.3 is 5.97 Å². The molecule has 0 radical (unpaired) electrons. The van der Waals surface area contributed by atoms with E-state index in [0.29, 0.717) is 5.57 Å². The van der Waals surface area contributed by atoms with Crippen molar-refractivity contribution in [1.82, 2.24) is 0 Å². The fourth-order valence-electron chi connectivity index (χ4n) is 5.37. The Morgan fingerprint density at radius 2 is 2.08 bits per heavy atom. The first kappa shape index (κ1) is 17.1. The van der Waals surface area contributed by atoms with Gasteiger partial charge in [-0.2, -0.15) is 0 Å². The number of hydrogen-bond donors (Lipinski definition) is 3. The van der Waals surface area contributed by atoms with Gasteiger partial charge in [-0.05, 0) is 18.6 Å². The van der Waals surface area contributed by atoms with Crippen molar-refractivity contribution in [1.29, 1.82) is 0 Å². The molecule has 2 bridgehead atoms. The van der Waals surface area contributed by atoms with E-state index >= 15 is 0 Å². The number of Topliss-reactive ketones (excluding diaryl/α,β-unsaturated/α-hetero) is 1. The number of carbonyl (C=O) groups excluding carboxylic acids is 2. The van der Waals surface area contributed by atoms with Crippen molar-refractivity contribution in [2.75, 3.05) is 13.2 Å². The third-order valence-corrected chi connectivity index (χ3v) is 6.83. The lowest BCUT2D eigenvalue weighted by Crippen LogP contribution is -2.72. The molecule has 0 aromatic rings. The third-order valence-electron chi connectivity index (χ3n) is 6.83. The van der Waals surface area contributed by atoms with Gasteiger partial charge in [-0.1, -0.05) is 6.92 Å². The van der Waals surface area contributed by atoms with E-state index in [1.54, 1.807) is 19.9 Å². The van der Waals surface area contributed by atoms with Crippen LogP contribution in [0.25, 0.3) is 0 Å². The zero-order chi connectivity index (χ0) is 18.4. The summed E-state index contributed by atoms with van der Waals surface area (Å²) in [6, 6.07) is 0. The number of carbonyl (C=O) groups is 2. The Morgan fingerprint density at radius 3 is 2.60 bits per heavy atom. The highest BCUT2D eigenvalue weighted by atomic mass is 16.7. The largest absolute Gasteiger partial charge is 0.459 e. The molecule has 1 spiro atoms. The molecule has 4 aliphatic rings. The van der Waals surface area contributed by atoms with E-state index < -0.39 is 65.3 Å². The Labute approximate surface area is 144 Å². The quantitative estimate of drug-likeness (QED) is 0.413. The van der Waals surface area contributed by atoms with E-state index in [4.69, 9.17) is 14.2 Å². The maximum atomic E-state index is 12.5. The zero-order valence-corrected chi connectivity index (χ0v) is 14.3. The maximum absolute atomic E-state index is 12.5. The van der Waals surface area contributed by atoms with Gasteiger partial charge in [-0.15, -0.1) is 0 Å². The third kappa shape index (κ3) is 1.65. The lowest BCUT2D eigenvalue weighted by molar-refractivity contribution is -0.255. The van der Waals surface area contributed by atoms with Crippen molar-refractivity contribution < 1.29 is 39.1 Å². The highest BCUT2D eigenvalue weighted by molar-refractivity contribution is 6.00. The van der Waals surface area contributed by atoms with Crippen LogP contribution < -0.4 is 0 Å². The van der Waals surface area contributed by atoms with Gasteiger partial charge in [0.05, 0.1) is 30.1 Å². The molecule has 2 saturated heterocycles. The van der Waals surface area contributed by atoms with Crippen LogP contribution in [0.15, 0.2) is 11.6 Å². The summed E-state index contributed by atoms with van der Waals surface area (Å²) < 4.78 is 17.1. The Hall–Kier alpha value is -1.32. The summed E-state index contributed by atoms with van der Waals surface area (Å²) in [4.78, 5) is 24.1. The van der Waals surface area contributed by atoms with Crippen LogP contribution in [-0.2, 0) is 23.8 Å². The van der Waals surface area contributed by atoms with E-state index in [1.165, 1.54) is 6.92 Å². The van der Waals surface area contributed by atoms with Crippen LogP contribution in [0.4, 0.5) is 0 Å². The second kappa shape index (κ2) is 4.89. The van der Waals surface area contributed by atoms with Gasteiger partial charge in [-0.3, -0.25) is 9.59 Å². The number of rotatable bonds is 2. The zero-order valence-electron chi connectivity index (χ0n) is 14.3. The molecule has 3 N–H and O–H groups in total. The molecule has 0 unspecified atom stereocenters. The minimum atomic E-state index is -1.57. The Balaban J connectivity index is 1.96. The average Bonchev–Trinajstić information content (AvgIpc) is 3.33. The Morgan fingerprint density at radius 1 is 1.44 bits per heavy atom. The lowest BCUT2D eigenvalue weighted by Gasteiger charge is -2.58. The van der Waals surface area contributed by atoms with E-state index in [-0.39, 0.29) is 6.61 Å². The first-order chi connectivity index (χ1) is 11.7. The molecule has 8 nitrogen and oxygen atoms in total. The predicted molar refractivity (Wildman–Crippen MR) is 81.3 cm³/mol. The molecule has 4 rings (SSSR count). The number of esters is 1. The molecule has 2 aliphatic heterocycles. The highest BCUT2D eigenvalue weighted by Gasteiger charge is 2.87.